The fourth-order valence-corrected chi connectivity index (χ4v) is 12.8. The van der Waals surface area contributed by atoms with E-state index in [9.17, 15) is 0 Å². The molecule has 0 aromatic rings. The summed E-state index contributed by atoms with van der Waals surface area (Å²) in [7, 11) is 0. The van der Waals surface area contributed by atoms with Crippen LogP contribution in [0.1, 0.15) is 369 Å². The smallest absolute Gasteiger partial charge is 0.0866 e. The van der Waals surface area contributed by atoms with Gasteiger partial charge in [0.05, 0.1) is 5.66 Å². The molecular formula is C70H145N5. The zero-order chi connectivity index (χ0) is 54.1. The van der Waals surface area contributed by atoms with E-state index in [1.807, 2.05) is 0 Å². The Balaban J connectivity index is 3.08. The maximum atomic E-state index is 4.00. The van der Waals surface area contributed by atoms with E-state index in [1.54, 1.807) is 0 Å². The van der Waals surface area contributed by atoms with Crippen molar-refractivity contribution in [1.82, 2.24) is 24.9 Å². The van der Waals surface area contributed by atoms with E-state index in [2.05, 4.69) is 66.5 Å². The average molecular weight is 1060 g/mol. The molecule has 75 heavy (non-hydrogen) atoms. The zero-order valence-electron chi connectivity index (χ0n) is 53.3. The summed E-state index contributed by atoms with van der Waals surface area (Å²) in [6.07, 6.45) is 72.7. The molecule has 1 aliphatic heterocycles. The monoisotopic (exact) mass is 1060 g/mol. The van der Waals surface area contributed by atoms with E-state index in [0.717, 1.165) is 6.54 Å². The third-order valence-corrected chi connectivity index (χ3v) is 18.1. The number of unbranched alkanes of at least 4 members (excludes halogenated alkanes) is 45. The molecule has 5 heteroatoms. The van der Waals surface area contributed by atoms with Gasteiger partial charge in [0.25, 0.3) is 0 Å². The summed E-state index contributed by atoms with van der Waals surface area (Å²) in [5, 5.41) is 4.00. The van der Waals surface area contributed by atoms with Crippen LogP contribution in [0.15, 0.2) is 0 Å². The Labute approximate surface area is 476 Å². The highest BCUT2D eigenvalue weighted by molar-refractivity contribution is 4.97. The first-order chi connectivity index (χ1) is 37.1. The average Bonchev–Trinajstić information content (AvgIpc) is 3.42. The molecule has 0 spiro atoms. The Morgan fingerprint density at radius 3 is 0.907 bits per heavy atom. The van der Waals surface area contributed by atoms with Gasteiger partial charge >= 0.3 is 0 Å². The van der Waals surface area contributed by atoms with Crippen molar-refractivity contribution in [3.05, 3.63) is 0 Å². The van der Waals surface area contributed by atoms with Gasteiger partial charge in [0.15, 0.2) is 0 Å². The quantitative estimate of drug-likeness (QED) is 0.0612. The lowest BCUT2D eigenvalue weighted by atomic mass is 9.96. The Bertz CT molecular complexity index is 1020. The van der Waals surface area contributed by atoms with Crippen molar-refractivity contribution < 1.29 is 0 Å². The molecule has 1 aliphatic rings. The minimum atomic E-state index is 0.146. The van der Waals surface area contributed by atoms with Crippen molar-refractivity contribution in [2.45, 2.75) is 375 Å². The standard InChI is InChI=1S/C70H145N5/c1-7-13-18-23-28-33-38-43-48-53-58-71-59-64-75-68-67-73(66-65-72(60-54-49-44-39-34-29-24-19-14-8-2)61-55-50-45-40-35-30-25-20-15-9-3)69-70(75,12-6)74(62-56-51-46-41-36-31-26-21-16-10-4)63-57-52-47-42-37-32-27-22-17-11-5/h71H,7-69H2,1-6H3. The molecule has 0 saturated carbocycles. The highest BCUT2D eigenvalue weighted by atomic mass is 15.5. The predicted molar refractivity (Wildman–Crippen MR) is 341 cm³/mol. The van der Waals surface area contributed by atoms with Crippen molar-refractivity contribution in [3.8, 4) is 0 Å². The number of nitrogens with one attached hydrogen (secondary N) is 1. The van der Waals surface area contributed by atoms with Crippen LogP contribution in [0.5, 0.6) is 0 Å². The second-order valence-corrected chi connectivity index (χ2v) is 25.1. The summed E-state index contributed by atoms with van der Waals surface area (Å²) in [6, 6.07) is 0. The second-order valence-electron chi connectivity index (χ2n) is 25.1. The van der Waals surface area contributed by atoms with Crippen LogP contribution in [0.4, 0.5) is 0 Å². The van der Waals surface area contributed by atoms with Crippen LogP contribution in [-0.4, -0.2) is 104 Å². The van der Waals surface area contributed by atoms with Crippen molar-refractivity contribution in [2.24, 2.45) is 0 Å². The van der Waals surface area contributed by atoms with Crippen LogP contribution in [0.2, 0.25) is 0 Å². The summed E-state index contributed by atoms with van der Waals surface area (Å²) in [5.74, 6) is 0. The zero-order valence-corrected chi connectivity index (χ0v) is 53.3. The molecule has 1 heterocycles. The normalized spacial score (nSPS) is 15.7. The number of hydrogen-bond donors (Lipinski definition) is 1. The van der Waals surface area contributed by atoms with E-state index in [4.69, 9.17) is 0 Å². The molecule has 0 aromatic heterocycles. The number of piperazine rings is 1. The molecule has 1 fully saturated rings. The van der Waals surface area contributed by atoms with Crippen LogP contribution < -0.4 is 5.32 Å². The Kier molecular flexibility index (Phi) is 56.7. The van der Waals surface area contributed by atoms with Gasteiger partial charge in [-0.25, -0.2) is 0 Å². The first kappa shape index (κ1) is 72.8. The number of hydrogen-bond acceptors (Lipinski definition) is 5. The van der Waals surface area contributed by atoms with Gasteiger partial charge in [-0.2, -0.15) is 0 Å². The fraction of sp³-hybridized carbons (Fsp3) is 1.00. The SMILES string of the molecule is CCCCCCCCCCCCNCCN1CCN(CCN(CCCCCCCCCCCC)CCCCCCCCCCCC)CC1(CC)N(CCCCCCCCCCCC)CCCCCCCCCCCC. The largest absolute Gasteiger partial charge is 0.315 e. The van der Waals surface area contributed by atoms with Crippen molar-refractivity contribution in [1.29, 1.82) is 0 Å². The van der Waals surface area contributed by atoms with Crippen LogP contribution >= 0.6 is 0 Å². The molecule has 0 radical (unpaired) electrons. The lowest BCUT2D eigenvalue weighted by molar-refractivity contribution is -0.113. The molecule has 0 aliphatic carbocycles. The van der Waals surface area contributed by atoms with Gasteiger partial charge in [-0.3, -0.25) is 14.7 Å². The van der Waals surface area contributed by atoms with Gasteiger partial charge in [0.2, 0.25) is 0 Å². The van der Waals surface area contributed by atoms with Gasteiger partial charge in [-0.15, -0.1) is 0 Å². The molecule has 5 nitrogen and oxygen atoms in total. The molecule has 0 amide bonds. The second kappa shape index (κ2) is 58.5. The lowest BCUT2D eigenvalue weighted by Crippen LogP contribution is -2.71. The molecule has 450 valence electrons. The molecule has 1 atom stereocenters. The highest BCUT2D eigenvalue weighted by Crippen LogP contribution is 2.31. The maximum absolute atomic E-state index is 4.00. The molecule has 0 aromatic carbocycles. The van der Waals surface area contributed by atoms with Crippen molar-refractivity contribution >= 4 is 0 Å². The molecule has 1 rings (SSSR count). The summed E-state index contributed by atoms with van der Waals surface area (Å²) in [4.78, 5) is 12.1. The fourth-order valence-electron chi connectivity index (χ4n) is 12.8. The molecule has 1 unspecified atom stereocenters. The Morgan fingerprint density at radius 1 is 0.293 bits per heavy atom. The van der Waals surface area contributed by atoms with Crippen LogP contribution in [-0.2, 0) is 0 Å². The third-order valence-electron chi connectivity index (χ3n) is 18.1. The highest BCUT2D eigenvalue weighted by Gasteiger charge is 2.44. The van der Waals surface area contributed by atoms with Crippen LogP contribution in [0, 0.1) is 0 Å². The van der Waals surface area contributed by atoms with Gasteiger partial charge in [-0.1, -0.05) is 330 Å². The van der Waals surface area contributed by atoms with E-state index < -0.39 is 0 Å². The van der Waals surface area contributed by atoms with Crippen molar-refractivity contribution in [3.63, 3.8) is 0 Å². The minimum Gasteiger partial charge on any atom is -0.315 e. The van der Waals surface area contributed by atoms with Gasteiger partial charge in [0, 0.05) is 45.8 Å². The maximum Gasteiger partial charge on any atom is 0.0866 e. The molecule has 0 bridgehead atoms. The van der Waals surface area contributed by atoms with Crippen LogP contribution in [0.25, 0.3) is 0 Å². The topological polar surface area (TPSA) is 25.0 Å². The number of rotatable bonds is 63. The van der Waals surface area contributed by atoms with Gasteiger partial charge < -0.3 is 10.2 Å². The molecule has 1 saturated heterocycles. The van der Waals surface area contributed by atoms with E-state index in [0.29, 0.717) is 0 Å². The number of nitrogens with zero attached hydrogens (tertiary/aromatic N) is 4. The third kappa shape index (κ3) is 44.2. The summed E-state index contributed by atoms with van der Waals surface area (Å²) in [6.45, 7) is 29.3. The summed E-state index contributed by atoms with van der Waals surface area (Å²) >= 11 is 0. The van der Waals surface area contributed by atoms with E-state index in [-0.39, 0.29) is 5.66 Å². The summed E-state index contributed by atoms with van der Waals surface area (Å²) in [5.41, 5.74) is 0.146. The molecule has 1 N–H and O–H groups in total. The first-order valence-corrected chi connectivity index (χ1v) is 35.8. The Hall–Kier alpha value is -0.200. The van der Waals surface area contributed by atoms with Gasteiger partial charge in [0.1, 0.15) is 0 Å². The van der Waals surface area contributed by atoms with E-state index >= 15 is 0 Å². The first-order valence-electron chi connectivity index (χ1n) is 35.8. The lowest BCUT2D eigenvalue weighted by Gasteiger charge is -2.56. The minimum absolute atomic E-state index is 0.146. The predicted octanol–water partition coefficient (Wildman–Crippen LogP) is 21.5. The van der Waals surface area contributed by atoms with Crippen LogP contribution in [0.3, 0.4) is 0 Å². The Morgan fingerprint density at radius 2 is 0.587 bits per heavy atom. The van der Waals surface area contributed by atoms with Crippen molar-refractivity contribution in [2.75, 3.05) is 78.5 Å². The summed E-state index contributed by atoms with van der Waals surface area (Å²) < 4.78 is 0. The van der Waals surface area contributed by atoms with Gasteiger partial charge in [-0.05, 0) is 71.2 Å². The van der Waals surface area contributed by atoms with E-state index in [1.165, 1.54) is 399 Å². The molecular weight excluding hydrogens is 911 g/mol.